The largest absolute Gasteiger partial charge is 0.355 e. The first-order valence-electron chi connectivity index (χ1n) is 13.5. The SMILES string of the molecule is O=C(NCC1CCc2ccccc21)C1CCN(C(=O)c2cc3ccccc3n2Cc2ccc(Cl)cc2)CC1. The van der Waals surface area contributed by atoms with Gasteiger partial charge in [-0.25, -0.2) is 0 Å². The summed E-state index contributed by atoms with van der Waals surface area (Å²) in [5.74, 6) is 0.505. The van der Waals surface area contributed by atoms with Crippen LogP contribution in [0.25, 0.3) is 10.9 Å². The second-order valence-corrected chi connectivity index (χ2v) is 11.0. The van der Waals surface area contributed by atoms with Crippen LogP contribution in [-0.2, 0) is 17.8 Å². The van der Waals surface area contributed by atoms with Gasteiger partial charge in [-0.2, -0.15) is 0 Å². The lowest BCUT2D eigenvalue weighted by atomic mass is 9.95. The Balaban J connectivity index is 1.10. The number of aryl methyl sites for hydroxylation is 1. The lowest BCUT2D eigenvalue weighted by Crippen LogP contribution is -2.44. The predicted octanol–water partition coefficient (Wildman–Crippen LogP) is 6.04. The molecule has 3 aromatic carbocycles. The van der Waals surface area contributed by atoms with Crippen LogP contribution in [0.3, 0.4) is 0 Å². The molecule has 194 valence electrons. The van der Waals surface area contributed by atoms with Gasteiger partial charge in [-0.15, -0.1) is 0 Å². The van der Waals surface area contributed by atoms with Crippen molar-refractivity contribution in [3.05, 3.63) is 106 Å². The number of para-hydroxylation sites is 1. The van der Waals surface area contributed by atoms with Crippen LogP contribution in [0.5, 0.6) is 0 Å². The Bertz CT molecular complexity index is 1470. The molecule has 2 aliphatic rings. The first-order valence-corrected chi connectivity index (χ1v) is 13.9. The van der Waals surface area contributed by atoms with Gasteiger partial charge in [-0.1, -0.05) is 66.2 Å². The molecule has 5 nitrogen and oxygen atoms in total. The molecule has 1 aliphatic heterocycles. The molecule has 1 aromatic heterocycles. The summed E-state index contributed by atoms with van der Waals surface area (Å²) in [6, 6.07) is 26.4. The number of carbonyl (C=O) groups is 2. The average molecular weight is 526 g/mol. The standard InChI is InChI=1S/C32H32ClN3O2/c33-27-13-9-22(10-14-27)21-36-29-8-4-2-6-25(29)19-30(36)32(38)35-17-15-24(16-18-35)31(37)34-20-26-12-11-23-5-1-3-7-28(23)26/h1-10,13-14,19,24,26H,11-12,15-18,20-21H2,(H,34,37). The van der Waals surface area contributed by atoms with Crippen molar-refractivity contribution in [1.82, 2.24) is 14.8 Å². The Morgan fingerprint density at radius 2 is 1.63 bits per heavy atom. The van der Waals surface area contributed by atoms with Crippen molar-refractivity contribution in [3.63, 3.8) is 0 Å². The molecule has 6 rings (SSSR count). The fourth-order valence-corrected chi connectivity index (χ4v) is 6.19. The van der Waals surface area contributed by atoms with Crippen LogP contribution in [0.1, 0.15) is 52.4 Å². The normalized spacial score (nSPS) is 17.5. The van der Waals surface area contributed by atoms with Crippen molar-refractivity contribution in [2.24, 2.45) is 5.92 Å². The van der Waals surface area contributed by atoms with Crippen molar-refractivity contribution < 1.29 is 9.59 Å². The minimum absolute atomic E-state index is 0.0246. The Morgan fingerprint density at radius 3 is 2.45 bits per heavy atom. The Kier molecular flexibility index (Phi) is 6.94. The van der Waals surface area contributed by atoms with Crippen molar-refractivity contribution >= 4 is 34.3 Å². The van der Waals surface area contributed by atoms with Crippen LogP contribution in [-0.4, -0.2) is 40.9 Å². The molecule has 2 heterocycles. The molecule has 4 aromatic rings. The van der Waals surface area contributed by atoms with E-state index < -0.39 is 0 Å². The molecule has 1 atom stereocenters. The smallest absolute Gasteiger partial charge is 0.270 e. The molecule has 38 heavy (non-hydrogen) atoms. The van der Waals surface area contributed by atoms with E-state index in [9.17, 15) is 9.59 Å². The fraction of sp³-hybridized carbons (Fsp3) is 0.312. The highest BCUT2D eigenvalue weighted by atomic mass is 35.5. The molecule has 1 unspecified atom stereocenters. The van der Waals surface area contributed by atoms with Gasteiger partial charge in [0.25, 0.3) is 5.91 Å². The van der Waals surface area contributed by atoms with Crippen LogP contribution in [0.15, 0.2) is 78.9 Å². The second kappa shape index (κ2) is 10.7. The van der Waals surface area contributed by atoms with E-state index in [0.717, 1.165) is 29.3 Å². The molecule has 6 heteroatoms. The van der Waals surface area contributed by atoms with E-state index >= 15 is 0 Å². The van der Waals surface area contributed by atoms with E-state index in [2.05, 4.69) is 40.2 Å². The number of hydrogen-bond donors (Lipinski definition) is 1. The number of carbonyl (C=O) groups excluding carboxylic acids is 2. The van der Waals surface area contributed by atoms with Crippen molar-refractivity contribution in [2.45, 2.75) is 38.1 Å². The van der Waals surface area contributed by atoms with Gasteiger partial charge in [0.2, 0.25) is 5.91 Å². The van der Waals surface area contributed by atoms with E-state index in [0.29, 0.717) is 55.7 Å². The number of piperidine rings is 1. The van der Waals surface area contributed by atoms with Crippen molar-refractivity contribution in [3.8, 4) is 0 Å². The van der Waals surface area contributed by atoms with Crippen molar-refractivity contribution in [2.75, 3.05) is 19.6 Å². The number of benzene rings is 3. The summed E-state index contributed by atoms with van der Waals surface area (Å²) >= 11 is 6.08. The Morgan fingerprint density at radius 1 is 0.895 bits per heavy atom. The van der Waals surface area contributed by atoms with Gasteiger partial charge in [-0.05, 0) is 66.6 Å². The van der Waals surface area contributed by atoms with E-state index in [4.69, 9.17) is 11.6 Å². The highest BCUT2D eigenvalue weighted by Crippen LogP contribution is 2.32. The summed E-state index contributed by atoms with van der Waals surface area (Å²) in [6.45, 7) is 2.46. The maximum Gasteiger partial charge on any atom is 0.270 e. The number of fused-ring (bicyclic) bond motifs is 2. The first-order chi connectivity index (χ1) is 18.6. The summed E-state index contributed by atoms with van der Waals surface area (Å²) < 4.78 is 2.10. The molecule has 1 saturated heterocycles. The molecular formula is C32H32ClN3O2. The summed E-state index contributed by atoms with van der Waals surface area (Å²) in [7, 11) is 0. The van der Waals surface area contributed by atoms with E-state index in [1.165, 1.54) is 11.1 Å². The molecule has 0 saturated carbocycles. The van der Waals surface area contributed by atoms with Gasteiger partial charge in [0, 0.05) is 53.9 Å². The van der Waals surface area contributed by atoms with Crippen molar-refractivity contribution in [1.29, 1.82) is 0 Å². The molecular weight excluding hydrogens is 494 g/mol. The Labute approximate surface area is 228 Å². The molecule has 0 radical (unpaired) electrons. The predicted molar refractivity (Wildman–Crippen MR) is 152 cm³/mol. The lowest BCUT2D eigenvalue weighted by molar-refractivity contribution is -0.126. The lowest BCUT2D eigenvalue weighted by Gasteiger charge is -2.32. The number of nitrogens with zero attached hydrogens (tertiary/aromatic N) is 2. The number of nitrogens with one attached hydrogen (secondary N) is 1. The minimum Gasteiger partial charge on any atom is -0.355 e. The highest BCUT2D eigenvalue weighted by molar-refractivity contribution is 6.30. The van der Waals surface area contributed by atoms with Crippen LogP contribution in [0.4, 0.5) is 0 Å². The monoisotopic (exact) mass is 525 g/mol. The number of rotatable bonds is 6. The summed E-state index contributed by atoms with van der Waals surface area (Å²) in [5.41, 5.74) is 5.59. The summed E-state index contributed by atoms with van der Waals surface area (Å²) in [4.78, 5) is 28.6. The van der Waals surface area contributed by atoms with Crippen LogP contribution in [0, 0.1) is 5.92 Å². The number of aromatic nitrogens is 1. The first kappa shape index (κ1) is 24.7. The van der Waals surface area contributed by atoms with E-state index in [1.54, 1.807) is 0 Å². The molecule has 1 aliphatic carbocycles. The third-order valence-corrected chi connectivity index (χ3v) is 8.47. The van der Waals surface area contributed by atoms with E-state index in [1.807, 2.05) is 53.4 Å². The average Bonchev–Trinajstić information content (AvgIpc) is 3.54. The van der Waals surface area contributed by atoms with Gasteiger partial charge in [0.05, 0.1) is 0 Å². The quantitative estimate of drug-likeness (QED) is 0.333. The van der Waals surface area contributed by atoms with Gasteiger partial charge in [0.1, 0.15) is 5.69 Å². The molecule has 0 spiro atoms. The zero-order chi connectivity index (χ0) is 26.1. The zero-order valence-electron chi connectivity index (χ0n) is 21.4. The van der Waals surface area contributed by atoms with E-state index in [-0.39, 0.29) is 17.7 Å². The fourth-order valence-electron chi connectivity index (χ4n) is 6.06. The number of amides is 2. The van der Waals surface area contributed by atoms with Crippen LogP contribution in [0.2, 0.25) is 5.02 Å². The van der Waals surface area contributed by atoms with Gasteiger partial charge >= 0.3 is 0 Å². The molecule has 1 N–H and O–H groups in total. The van der Waals surface area contributed by atoms with Gasteiger partial charge < -0.3 is 14.8 Å². The van der Waals surface area contributed by atoms with Gasteiger partial charge in [0.15, 0.2) is 0 Å². The third-order valence-electron chi connectivity index (χ3n) is 8.22. The molecule has 2 amide bonds. The molecule has 0 bridgehead atoms. The topological polar surface area (TPSA) is 54.3 Å². The second-order valence-electron chi connectivity index (χ2n) is 10.5. The highest BCUT2D eigenvalue weighted by Gasteiger charge is 2.30. The maximum atomic E-state index is 13.7. The Hall–Kier alpha value is -3.57. The minimum atomic E-state index is -0.0457. The number of hydrogen-bond acceptors (Lipinski definition) is 2. The van der Waals surface area contributed by atoms with Gasteiger partial charge in [-0.3, -0.25) is 9.59 Å². The number of likely N-dealkylation sites (tertiary alicyclic amines) is 1. The van der Waals surface area contributed by atoms with Crippen LogP contribution >= 0.6 is 11.6 Å². The summed E-state index contributed by atoms with van der Waals surface area (Å²) in [6.07, 6.45) is 3.56. The maximum absolute atomic E-state index is 13.7. The molecule has 1 fully saturated rings. The third kappa shape index (κ3) is 4.95. The van der Waals surface area contributed by atoms with Crippen LogP contribution < -0.4 is 5.32 Å². The zero-order valence-corrected chi connectivity index (χ0v) is 22.2. The summed E-state index contributed by atoms with van der Waals surface area (Å²) in [5, 5.41) is 4.96. The number of halogens is 1.